The van der Waals surface area contributed by atoms with Gasteiger partial charge in [0.25, 0.3) is 0 Å². The molecule has 0 N–H and O–H groups in total. The number of carbonyl (C=O) groups excluding carboxylic acids is 3. The number of ether oxygens (including phenoxy) is 3. The average molecular weight is 1120 g/mol. The second-order valence-corrected chi connectivity index (χ2v) is 21.6. The van der Waals surface area contributed by atoms with E-state index in [1.54, 1.807) is 0 Å². The van der Waals surface area contributed by atoms with E-state index in [4.69, 9.17) is 14.2 Å². The third-order valence-electron chi connectivity index (χ3n) is 13.8. The van der Waals surface area contributed by atoms with E-state index < -0.39 is 6.10 Å². The minimum absolute atomic E-state index is 0.108. The maximum atomic E-state index is 12.9. The fourth-order valence-electron chi connectivity index (χ4n) is 8.90. The normalized spacial score (nSPS) is 13.1. The predicted molar refractivity (Wildman–Crippen MR) is 352 cm³/mol. The molecule has 6 nitrogen and oxygen atoms in total. The highest BCUT2D eigenvalue weighted by Gasteiger charge is 2.19. The second-order valence-electron chi connectivity index (χ2n) is 21.6. The number of rotatable bonds is 59. The van der Waals surface area contributed by atoms with Crippen molar-refractivity contribution in [2.75, 3.05) is 13.2 Å². The summed E-state index contributed by atoms with van der Waals surface area (Å²) in [5.74, 6) is -0.979. The predicted octanol–water partition coefficient (Wildman–Crippen LogP) is 23.1. The van der Waals surface area contributed by atoms with Gasteiger partial charge in [-0.3, -0.25) is 14.4 Å². The molecule has 81 heavy (non-hydrogen) atoms. The van der Waals surface area contributed by atoms with Crippen LogP contribution in [0.5, 0.6) is 0 Å². The third kappa shape index (κ3) is 66.0. The van der Waals surface area contributed by atoms with Gasteiger partial charge in [-0.25, -0.2) is 0 Å². The first-order valence-electron chi connectivity index (χ1n) is 33.3. The fourth-order valence-corrected chi connectivity index (χ4v) is 8.90. The summed E-state index contributed by atoms with van der Waals surface area (Å²) in [5, 5.41) is 0. The van der Waals surface area contributed by atoms with E-state index in [0.717, 1.165) is 141 Å². The molecule has 0 saturated heterocycles. The Balaban J connectivity index is 4.25. The molecule has 0 aliphatic heterocycles. The minimum atomic E-state index is -0.818. The van der Waals surface area contributed by atoms with Crippen molar-refractivity contribution >= 4 is 17.9 Å². The van der Waals surface area contributed by atoms with E-state index in [1.807, 2.05) is 0 Å². The first kappa shape index (κ1) is 76.3. The van der Waals surface area contributed by atoms with Crippen molar-refractivity contribution in [1.82, 2.24) is 0 Å². The Morgan fingerprint density at radius 2 is 0.494 bits per heavy atom. The Bertz CT molecular complexity index is 1760. The number of carbonyl (C=O) groups is 3. The Morgan fingerprint density at radius 1 is 0.259 bits per heavy atom. The molecular formula is C75H122O6. The van der Waals surface area contributed by atoms with Crippen LogP contribution in [0.1, 0.15) is 290 Å². The maximum Gasteiger partial charge on any atom is 0.306 e. The van der Waals surface area contributed by atoms with Gasteiger partial charge < -0.3 is 14.2 Å². The Labute approximate surface area is 499 Å². The second kappa shape index (κ2) is 67.8. The van der Waals surface area contributed by atoms with Crippen LogP contribution in [0.25, 0.3) is 0 Å². The number of esters is 3. The molecule has 0 saturated carbocycles. The number of hydrogen-bond donors (Lipinski definition) is 0. The molecule has 0 aromatic heterocycles. The van der Waals surface area contributed by atoms with Crippen LogP contribution in [0.4, 0.5) is 0 Å². The van der Waals surface area contributed by atoms with Gasteiger partial charge in [-0.05, 0) is 128 Å². The molecule has 1 atom stereocenters. The van der Waals surface area contributed by atoms with Crippen LogP contribution >= 0.6 is 0 Å². The quantitative estimate of drug-likeness (QED) is 0.0261. The third-order valence-corrected chi connectivity index (χ3v) is 13.8. The van der Waals surface area contributed by atoms with Crippen molar-refractivity contribution in [3.8, 4) is 0 Å². The lowest BCUT2D eigenvalue weighted by Crippen LogP contribution is -2.30. The summed E-state index contributed by atoms with van der Waals surface area (Å²) in [5.41, 5.74) is 0. The van der Waals surface area contributed by atoms with Gasteiger partial charge in [-0.2, -0.15) is 0 Å². The van der Waals surface area contributed by atoms with Crippen LogP contribution < -0.4 is 0 Å². The number of unbranched alkanes of at least 4 members (excludes halogenated alkanes) is 24. The van der Waals surface area contributed by atoms with Crippen LogP contribution in [0.2, 0.25) is 0 Å². The van der Waals surface area contributed by atoms with Gasteiger partial charge in [0.2, 0.25) is 0 Å². The summed E-state index contributed by atoms with van der Waals surface area (Å²) in [4.78, 5) is 38.3. The van der Waals surface area contributed by atoms with E-state index >= 15 is 0 Å². The summed E-state index contributed by atoms with van der Waals surface area (Å²) in [6, 6.07) is 0. The van der Waals surface area contributed by atoms with E-state index in [0.29, 0.717) is 19.3 Å². The highest BCUT2D eigenvalue weighted by Crippen LogP contribution is 2.16. The molecule has 0 aromatic rings. The number of allylic oxidation sites excluding steroid dienone is 24. The first-order valence-corrected chi connectivity index (χ1v) is 33.3. The lowest BCUT2D eigenvalue weighted by Gasteiger charge is -2.18. The monoisotopic (exact) mass is 1120 g/mol. The molecule has 0 rings (SSSR count). The van der Waals surface area contributed by atoms with Crippen molar-refractivity contribution in [1.29, 1.82) is 0 Å². The first-order chi connectivity index (χ1) is 40.0. The number of hydrogen-bond acceptors (Lipinski definition) is 6. The zero-order chi connectivity index (χ0) is 58.5. The summed E-state index contributed by atoms with van der Waals surface area (Å²) < 4.78 is 16.9. The Kier molecular flexibility index (Phi) is 63.9. The summed E-state index contributed by atoms with van der Waals surface area (Å²) in [7, 11) is 0. The van der Waals surface area contributed by atoms with Gasteiger partial charge in [0.15, 0.2) is 6.10 Å². The Hall–Kier alpha value is -4.71. The lowest BCUT2D eigenvalue weighted by molar-refractivity contribution is -0.167. The van der Waals surface area contributed by atoms with Crippen LogP contribution in [0.15, 0.2) is 146 Å². The van der Waals surface area contributed by atoms with Crippen molar-refractivity contribution in [3.05, 3.63) is 146 Å². The SMILES string of the molecule is CC/C=C\C/C=C\C/C=C\C/C=C\C/C=C\CCCCCCCCCCCCCCCCCCCC(=O)OCC(COC(=O)CCCCCCC/C=C\C/C=C\CCC)OC(=O)CCC/C=C\C/C=C\C/C=C\C/C=C\C/C=C\CC. The van der Waals surface area contributed by atoms with Crippen LogP contribution in [-0.2, 0) is 28.6 Å². The standard InChI is InChI=1S/C75H122O6/c1-4-7-10-13-16-19-22-25-27-29-30-31-32-33-34-35-36-37-38-39-40-41-42-43-44-46-47-50-53-56-59-62-65-68-74(77)80-71-72(70-79-73(76)67-64-61-58-55-52-49-24-21-18-15-12-9-6-3)81-75(78)69-66-63-60-57-54-51-48-45-28-26-23-20-17-14-11-8-5-2/h7-8,10-12,15-17,19-21,24-28,30-31,33-34,48,51,57,60,72H,4-6,9,13-14,18,22-23,29,32,35-47,49-50,52-56,58-59,61-71H2,1-3H3/b10-7-,11-8-,15-12-,19-16-,20-17-,24-21-,27-25-,28-26-,31-30-,34-33-,51-48-,60-57-. The van der Waals surface area contributed by atoms with Gasteiger partial charge in [0, 0.05) is 19.3 Å². The van der Waals surface area contributed by atoms with Gasteiger partial charge in [-0.1, -0.05) is 289 Å². The molecule has 0 radical (unpaired) electrons. The highest BCUT2D eigenvalue weighted by atomic mass is 16.6. The molecule has 1 unspecified atom stereocenters. The van der Waals surface area contributed by atoms with Crippen LogP contribution in [0, 0.1) is 0 Å². The maximum absolute atomic E-state index is 12.9. The lowest BCUT2D eigenvalue weighted by atomic mass is 10.0. The minimum Gasteiger partial charge on any atom is -0.462 e. The zero-order valence-corrected chi connectivity index (χ0v) is 52.5. The van der Waals surface area contributed by atoms with Crippen molar-refractivity contribution in [3.63, 3.8) is 0 Å². The van der Waals surface area contributed by atoms with E-state index in [1.165, 1.54) is 103 Å². The van der Waals surface area contributed by atoms with E-state index in [-0.39, 0.29) is 37.5 Å². The van der Waals surface area contributed by atoms with Crippen molar-refractivity contribution < 1.29 is 28.6 Å². The van der Waals surface area contributed by atoms with E-state index in [9.17, 15) is 14.4 Å². The molecule has 0 aliphatic carbocycles. The van der Waals surface area contributed by atoms with Crippen LogP contribution in [-0.4, -0.2) is 37.2 Å². The summed E-state index contributed by atoms with van der Waals surface area (Å²) in [6.07, 6.45) is 97.4. The molecule has 0 fully saturated rings. The molecule has 0 spiro atoms. The Morgan fingerprint density at radius 3 is 0.790 bits per heavy atom. The average Bonchev–Trinajstić information content (AvgIpc) is 3.46. The molecular weight excluding hydrogens is 997 g/mol. The van der Waals surface area contributed by atoms with Gasteiger partial charge >= 0.3 is 17.9 Å². The highest BCUT2D eigenvalue weighted by molar-refractivity contribution is 5.71. The fraction of sp³-hybridized carbons (Fsp3) is 0.640. The smallest absolute Gasteiger partial charge is 0.306 e. The van der Waals surface area contributed by atoms with Gasteiger partial charge in [0.1, 0.15) is 13.2 Å². The van der Waals surface area contributed by atoms with Gasteiger partial charge in [-0.15, -0.1) is 0 Å². The molecule has 0 aromatic carbocycles. The van der Waals surface area contributed by atoms with Gasteiger partial charge in [0.05, 0.1) is 0 Å². The van der Waals surface area contributed by atoms with E-state index in [2.05, 4.69) is 167 Å². The molecule has 0 bridgehead atoms. The van der Waals surface area contributed by atoms with Crippen molar-refractivity contribution in [2.24, 2.45) is 0 Å². The topological polar surface area (TPSA) is 78.9 Å². The summed E-state index contributed by atoms with van der Waals surface area (Å²) >= 11 is 0. The van der Waals surface area contributed by atoms with Crippen molar-refractivity contribution in [2.45, 2.75) is 297 Å². The molecule has 458 valence electrons. The summed E-state index contributed by atoms with van der Waals surface area (Å²) in [6.45, 7) is 6.30. The van der Waals surface area contributed by atoms with Crippen LogP contribution in [0.3, 0.4) is 0 Å². The molecule has 0 heterocycles. The largest absolute Gasteiger partial charge is 0.462 e. The zero-order valence-electron chi connectivity index (χ0n) is 52.5. The molecule has 6 heteroatoms. The molecule has 0 aliphatic rings. The molecule has 0 amide bonds.